The van der Waals surface area contributed by atoms with Crippen LogP contribution in [0.5, 0.6) is 0 Å². The Kier molecular flexibility index (Phi) is 3.26. The molecule has 0 saturated heterocycles. The number of hydrogen-bond donors (Lipinski definition) is 2. The van der Waals surface area contributed by atoms with Crippen LogP contribution in [0.3, 0.4) is 0 Å². The highest BCUT2D eigenvalue weighted by Gasteiger charge is 2.51. The van der Waals surface area contributed by atoms with Crippen LogP contribution in [-0.2, 0) is 16.0 Å². The summed E-state index contributed by atoms with van der Waals surface area (Å²) in [6, 6.07) is 3.74. The number of carbonyl (C=O) groups excluding carboxylic acids is 1. The molecule has 0 bridgehead atoms. The van der Waals surface area contributed by atoms with E-state index in [-0.39, 0.29) is 11.4 Å². The van der Waals surface area contributed by atoms with Crippen molar-refractivity contribution < 1.29 is 19.1 Å². The first-order valence-electron chi connectivity index (χ1n) is 5.41. The molecule has 6 heteroatoms. The SMILES string of the molecule is O=C(Cc1ccc(F)cc1Cl)NC1(C(=O)O)CC1. The van der Waals surface area contributed by atoms with Crippen LogP contribution in [0.4, 0.5) is 4.39 Å². The van der Waals surface area contributed by atoms with Gasteiger partial charge in [-0.15, -0.1) is 0 Å². The molecule has 1 aliphatic carbocycles. The van der Waals surface area contributed by atoms with Gasteiger partial charge in [-0.05, 0) is 30.5 Å². The standard InChI is InChI=1S/C12H11ClFNO3/c13-9-6-8(14)2-1-7(9)5-10(16)15-12(3-4-12)11(17)18/h1-2,6H,3-5H2,(H,15,16)(H,17,18). The highest BCUT2D eigenvalue weighted by atomic mass is 35.5. The number of amides is 1. The van der Waals surface area contributed by atoms with Gasteiger partial charge in [0.25, 0.3) is 0 Å². The number of nitrogens with one attached hydrogen (secondary N) is 1. The van der Waals surface area contributed by atoms with Crippen LogP contribution in [0.15, 0.2) is 18.2 Å². The van der Waals surface area contributed by atoms with E-state index in [9.17, 15) is 14.0 Å². The maximum Gasteiger partial charge on any atom is 0.329 e. The van der Waals surface area contributed by atoms with Gasteiger partial charge < -0.3 is 10.4 Å². The summed E-state index contributed by atoms with van der Waals surface area (Å²) in [7, 11) is 0. The van der Waals surface area contributed by atoms with Gasteiger partial charge in [-0.2, -0.15) is 0 Å². The van der Waals surface area contributed by atoms with Crippen LogP contribution in [-0.4, -0.2) is 22.5 Å². The summed E-state index contributed by atoms with van der Waals surface area (Å²) in [6.45, 7) is 0. The third-order valence-corrected chi connectivity index (χ3v) is 3.26. The van der Waals surface area contributed by atoms with E-state index >= 15 is 0 Å². The molecule has 1 saturated carbocycles. The number of carbonyl (C=O) groups is 2. The topological polar surface area (TPSA) is 66.4 Å². The van der Waals surface area contributed by atoms with Crippen LogP contribution in [0.25, 0.3) is 0 Å². The first-order valence-corrected chi connectivity index (χ1v) is 5.79. The van der Waals surface area contributed by atoms with Crippen molar-refractivity contribution in [3.63, 3.8) is 0 Å². The minimum atomic E-state index is -1.11. The third kappa shape index (κ3) is 2.61. The molecule has 18 heavy (non-hydrogen) atoms. The summed E-state index contributed by atoms with van der Waals surface area (Å²) >= 11 is 5.79. The second-order valence-corrected chi connectivity index (χ2v) is 4.76. The number of benzene rings is 1. The van der Waals surface area contributed by atoms with Gasteiger partial charge in [0, 0.05) is 5.02 Å². The van der Waals surface area contributed by atoms with Crippen LogP contribution in [0.2, 0.25) is 5.02 Å². The third-order valence-electron chi connectivity index (χ3n) is 2.90. The minimum absolute atomic E-state index is 0.0614. The van der Waals surface area contributed by atoms with Crippen molar-refractivity contribution in [3.8, 4) is 0 Å². The van der Waals surface area contributed by atoms with Gasteiger partial charge in [-0.1, -0.05) is 17.7 Å². The van der Waals surface area contributed by atoms with Crippen molar-refractivity contribution in [2.24, 2.45) is 0 Å². The number of carboxylic acid groups (broad SMARTS) is 1. The van der Waals surface area contributed by atoms with E-state index in [2.05, 4.69) is 5.32 Å². The van der Waals surface area contributed by atoms with E-state index in [1.54, 1.807) is 0 Å². The Hall–Kier alpha value is -1.62. The second-order valence-electron chi connectivity index (χ2n) is 4.35. The van der Waals surface area contributed by atoms with Gasteiger partial charge in [0.2, 0.25) is 5.91 Å². The highest BCUT2D eigenvalue weighted by molar-refractivity contribution is 6.31. The van der Waals surface area contributed by atoms with Crippen molar-refractivity contribution in [2.45, 2.75) is 24.8 Å². The number of rotatable bonds is 4. The summed E-state index contributed by atoms with van der Waals surface area (Å²) in [5.41, 5.74) is -0.638. The van der Waals surface area contributed by atoms with Gasteiger partial charge in [0.1, 0.15) is 11.4 Å². The molecule has 1 fully saturated rings. The van der Waals surface area contributed by atoms with E-state index in [0.717, 1.165) is 6.07 Å². The van der Waals surface area contributed by atoms with Crippen molar-refractivity contribution in [1.29, 1.82) is 0 Å². The first-order chi connectivity index (χ1) is 8.43. The van der Waals surface area contributed by atoms with Crippen LogP contribution in [0, 0.1) is 5.82 Å². The maximum absolute atomic E-state index is 12.8. The number of halogens is 2. The summed E-state index contributed by atoms with van der Waals surface area (Å²) in [4.78, 5) is 22.6. The molecule has 1 amide bonds. The van der Waals surface area contributed by atoms with Crippen LogP contribution >= 0.6 is 11.6 Å². The average molecular weight is 272 g/mol. The molecule has 2 rings (SSSR count). The smallest absolute Gasteiger partial charge is 0.329 e. The van der Waals surface area contributed by atoms with Gasteiger partial charge in [0.15, 0.2) is 0 Å². The monoisotopic (exact) mass is 271 g/mol. The lowest BCUT2D eigenvalue weighted by Gasteiger charge is -2.12. The molecule has 0 spiro atoms. The number of carboxylic acids is 1. The number of aliphatic carboxylic acids is 1. The zero-order chi connectivity index (χ0) is 13.3. The zero-order valence-electron chi connectivity index (χ0n) is 9.37. The molecule has 0 unspecified atom stereocenters. The Balaban J connectivity index is 2.02. The average Bonchev–Trinajstić information content (AvgIpc) is 3.03. The van der Waals surface area contributed by atoms with Gasteiger partial charge in [0.05, 0.1) is 6.42 Å². The fourth-order valence-corrected chi connectivity index (χ4v) is 1.90. The molecular formula is C12H11ClFNO3. The van der Waals surface area contributed by atoms with Gasteiger partial charge in [-0.3, -0.25) is 4.79 Å². The molecule has 1 aliphatic rings. The molecule has 0 atom stereocenters. The second kappa shape index (κ2) is 4.57. The van der Waals surface area contributed by atoms with Crippen LogP contribution < -0.4 is 5.32 Å². The largest absolute Gasteiger partial charge is 0.480 e. The zero-order valence-corrected chi connectivity index (χ0v) is 10.1. The van der Waals surface area contributed by atoms with E-state index in [1.807, 2.05) is 0 Å². The molecule has 96 valence electrons. The molecular weight excluding hydrogens is 261 g/mol. The molecule has 0 radical (unpaired) electrons. The fraction of sp³-hybridized carbons (Fsp3) is 0.333. The maximum atomic E-state index is 12.8. The summed E-state index contributed by atoms with van der Waals surface area (Å²) in [5.74, 6) is -1.93. The molecule has 1 aromatic rings. The van der Waals surface area contributed by atoms with E-state index < -0.39 is 23.2 Å². The predicted octanol–water partition coefficient (Wildman–Crippen LogP) is 1.75. The number of hydrogen-bond acceptors (Lipinski definition) is 2. The van der Waals surface area contributed by atoms with Crippen LogP contribution in [0.1, 0.15) is 18.4 Å². The molecule has 0 heterocycles. The van der Waals surface area contributed by atoms with Crippen molar-refractivity contribution >= 4 is 23.5 Å². The lowest BCUT2D eigenvalue weighted by Crippen LogP contribution is -2.43. The summed E-state index contributed by atoms with van der Waals surface area (Å²) < 4.78 is 12.8. The quantitative estimate of drug-likeness (QED) is 0.877. The van der Waals surface area contributed by atoms with Crippen molar-refractivity contribution in [1.82, 2.24) is 5.32 Å². The summed E-state index contributed by atoms with van der Waals surface area (Å²) in [5, 5.41) is 11.5. The Bertz CT molecular complexity index is 514. The molecule has 0 aromatic heterocycles. The normalized spacial score (nSPS) is 16.1. The molecule has 4 nitrogen and oxygen atoms in total. The Labute approximate surface area is 108 Å². The minimum Gasteiger partial charge on any atom is -0.480 e. The van der Waals surface area contributed by atoms with Gasteiger partial charge >= 0.3 is 5.97 Å². The first kappa shape index (κ1) is 12.8. The van der Waals surface area contributed by atoms with E-state index in [4.69, 9.17) is 16.7 Å². The Morgan fingerprint density at radius 3 is 2.61 bits per heavy atom. The predicted molar refractivity (Wildman–Crippen MR) is 62.9 cm³/mol. The van der Waals surface area contributed by atoms with Crippen molar-refractivity contribution in [3.05, 3.63) is 34.6 Å². The molecule has 0 aliphatic heterocycles. The van der Waals surface area contributed by atoms with Crippen molar-refractivity contribution in [2.75, 3.05) is 0 Å². The lowest BCUT2D eigenvalue weighted by molar-refractivity contribution is -0.143. The Morgan fingerprint density at radius 1 is 1.44 bits per heavy atom. The van der Waals surface area contributed by atoms with E-state index in [0.29, 0.717) is 18.4 Å². The Morgan fingerprint density at radius 2 is 2.11 bits per heavy atom. The highest BCUT2D eigenvalue weighted by Crippen LogP contribution is 2.35. The molecule has 1 aromatic carbocycles. The molecule has 2 N–H and O–H groups in total. The lowest BCUT2D eigenvalue weighted by atomic mass is 10.1. The van der Waals surface area contributed by atoms with E-state index in [1.165, 1.54) is 12.1 Å². The fourth-order valence-electron chi connectivity index (χ4n) is 1.67. The van der Waals surface area contributed by atoms with Gasteiger partial charge in [-0.25, -0.2) is 9.18 Å². The summed E-state index contributed by atoms with van der Waals surface area (Å²) in [6.07, 6.45) is 0.810.